The summed E-state index contributed by atoms with van der Waals surface area (Å²) in [6, 6.07) is -1.08. The number of carbonyl (C=O) groups excluding carboxylic acids is 2. The van der Waals surface area contributed by atoms with Gasteiger partial charge in [0.1, 0.15) is 0 Å². The second-order valence-electron chi connectivity index (χ2n) is 4.60. The lowest BCUT2D eigenvalue weighted by molar-refractivity contribution is -0.307. The minimum Gasteiger partial charge on any atom is -1.00 e. The van der Waals surface area contributed by atoms with Crippen LogP contribution in [0.2, 0.25) is 0 Å². The van der Waals surface area contributed by atoms with E-state index >= 15 is 0 Å². The Kier molecular flexibility index (Phi) is 14.0. The van der Waals surface area contributed by atoms with E-state index in [1.807, 2.05) is 0 Å². The molecule has 0 radical (unpaired) electrons. The average molecular weight is 309 g/mol. The number of nitrogens with one attached hydrogen (secondary N) is 1. The number of aliphatic carboxylic acids is 1. The van der Waals surface area contributed by atoms with Gasteiger partial charge in [-0.3, -0.25) is 4.79 Å². The van der Waals surface area contributed by atoms with Gasteiger partial charge in [0.05, 0.1) is 12.0 Å². The number of carboxylic acids is 1. The Balaban J connectivity index is 0. The minimum atomic E-state index is -1.18. The van der Waals surface area contributed by atoms with Gasteiger partial charge < -0.3 is 44.8 Å². The van der Waals surface area contributed by atoms with Crippen LogP contribution in [0.4, 0.5) is 0 Å². The number of amides is 1. The van der Waals surface area contributed by atoms with Crippen molar-refractivity contribution in [3.63, 3.8) is 0 Å². The van der Waals surface area contributed by atoms with Crippen LogP contribution >= 0.6 is 0 Å². The van der Waals surface area contributed by atoms with Gasteiger partial charge in [0.25, 0.3) is 0 Å². The lowest BCUT2D eigenvalue weighted by Gasteiger charge is -2.10. The van der Waals surface area contributed by atoms with Crippen LogP contribution in [-0.4, -0.2) is 37.0 Å². The summed E-state index contributed by atoms with van der Waals surface area (Å²) in [7, 11) is 0. The smallest absolute Gasteiger partial charge is 0.236 e. The number of carboxylic acid groups (broad SMARTS) is 1. The molecule has 120 valence electrons. The Bertz CT molecular complexity index is 279. The average Bonchev–Trinajstić information content (AvgIpc) is 2.56. The Hall–Kier alpha value is -0.890. The van der Waals surface area contributed by atoms with E-state index in [1.165, 1.54) is 0 Å². The van der Waals surface area contributed by atoms with Crippen LogP contribution in [-0.2, 0) is 9.59 Å². The van der Waals surface area contributed by atoms with Crippen LogP contribution in [0.25, 0.3) is 0 Å². The van der Waals surface area contributed by atoms with Crippen molar-refractivity contribution in [2.75, 3.05) is 13.1 Å². The first-order valence-electron chi connectivity index (χ1n) is 6.68. The van der Waals surface area contributed by atoms with Crippen LogP contribution in [0.1, 0.15) is 38.5 Å². The molecule has 8 heteroatoms. The van der Waals surface area contributed by atoms with Crippen LogP contribution in [0.15, 0.2) is 0 Å². The molecule has 20 heavy (non-hydrogen) atoms. The normalized spacial score (nSPS) is 19.6. The molecular weight excluding hydrogens is 284 g/mol. The Morgan fingerprint density at radius 1 is 1.40 bits per heavy atom. The SMILES string of the molecule is NCCCC[C@H](N)C(=O)[O-].N[C@H]1CCCCNC1=O.[Cl-]. The maximum absolute atomic E-state index is 10.8. The predicted octanol–water partition coefficient (Wildman–Crippen LogP) is -5.19. The summed E-state index contributed by atoms with van der Waals surface area (Å²) in [5.41, 5.74) is 15.8. The Labute approximate surface area is 126 Å². The van der Waals surface area contributed by atoms with E-state index in [0.29, 0.717) is 13.0 Å². The van der Waals surface area contributed by atoms with E-state index in [0.717, 1.165) is 38.6 Å². The van der Waals surface area contributed by atoms with Gasteiger partial charge in [-0.2, -0.15) is 0 Å². The van der Waals surface area contributed by atoms with Gasteiger partial charge in [-0.05, 0) is 38.6 Å². The van der Waals surface area contributed by atoms with Gasteiger partial charge in [0.2, 0.25) is 5.91 Å². The molecule has 7 nitrogen and oxygen atoms in total. The summed E-state index contributed by atoms with van der Waals surface area (Å²) >= 11 is 0. The molecule has 0 saturated carbocycles. The van der Waals surface area contributed by atoms with Crippen LogP contribution in [0, 0.1) is 0 Å². The molecule has 0 unspecified atom stereocenters. The zero-order valence-corrected chi connectivity index (χ0v) is 12.4. The van der Waals surface area contributed by atoms with Crippen molar-refractivity contribution in [1.29, 1.82) is 0 Å². The predicted molar refractivity (Wildman–Crippen MR) is 70.7 cm³/mol. The van der Waals surface area contributed by atoms with Crippen molar-refractivity contribution in [3.05, 3.63) is 0 Å². The summed E-state index contributed by atoms with van der Waals surface area (Å²) in [5, 5.41) is 12.8. The first kappa shape index (κ1) is 21.4. The van der Waals surface area contributed by atoms with E-state index < -0.39 is 12.0 Å². The van der Waals surface area contributed by atoms with Crippen molar-refractivity contribution in [1.82, 2.24) is 5.32 Å². The molecule has 0 aliphatic carbocycles. The zero-order valence-electron chi connectivity index (χ0n) is 11.6. The maximum Gasteiger partial charge on any atom is 0.236 e. The van der Waals surface area contributed by atoms with E-state index in [-0.39, 0.29) is 24.4 Å². The Morgan fingerprint density at radius 2 is 2.05 bits per heavy atom. The standard InChI is InChI=1S/C6H14N2O2.C6H12N2O.ClH/c7-4-2-1-3-5(8)6(9)10;7-5-3-1-2-4-8-6(5)9;/h5H,1-4,7-8H2,(H,9,10);5H,1-4,7H2,(H,8,9);1H/p-2/t2*5-;/m00./s1. The second-order valence-corrected chi connectivity index (χ2v) is 4.60. The van der Waals surface area contributed by atoms with Gasteiger partial charge in [0.15, 0.2) is 0 Å². The summed E-state index contributed by atoms with van der Waals surface area (Å²) in [4.78, 5) is 20.8. The first-order valence-corrected chi connectivity index (χ1v) is 6.68. The first-order chi connectivity index (χ1) is 8.99. The van der Waals surface area contributed by atoms with Gasteiger partial charge in [0, 0.05) is 12.6 Å². The Morgan fingerprint density at radius 3 is 2.60 bits per heavy atom. The fraction of sp³-hybridized carbons (Fsp3) is 0.833. The second kappa shape index (κ2) is 13.1. The molecule has 0 bridgehead atoms. The van der Waals surface area contributed by atoms with E-state index in [1.54, 1.807) is 0 Å². The molecule has 1 rings (SSSR count). The molecule has 0 aromatic carbocycles. The molecule has 2 atom stereocenters. The van der Waals surface area contributed by atoms with Crippen molar-refractivity contribution < 1.29 is 27.1 Å². The molecule has 1 aliphatic rings. The van der Waals surface area contributed by atoms with Gasteiger partial charge in [-0.1, -0.05) is 6.42 Å². The summed E-state index contributed by atoms with van der Waals surface area (Å²) in [6.07, 6.45) is 5.01. The molecule has 0 aromatic rings. The van der Waals surface area contributed by atoms with Crippen molar-refractivity contribution in [2.45, 2.75) is 50.6 Å². The molecular formula is C12H25ClN4O3-2. The highest BCUT2D eigenvalue weighted by Crippen LogP contribution is 2.01. The van der Waals surface area contributed by atoms with Crippen molar-refractivity contribution >= 4 is 11.9 Å². The molecule has 7 N–H and O–H groups in total. The summed E-state index contributed by atoms with van der Waals surface area (Å²) in [5.74, 6) is -1.18. The summed E-state index contributed by atoms with van der Waals surface area (Å²) in [6.45, 7) is 1.38. The molecule has 1 fully saturated rings. The topological polar surface area (TPSA) is 147 Å². The lowest BCUT2D eigenvalue weighted by Crippen LogP contribution is -3.00. The number of unbranched alkanes of at least 4 members (excludes halogenated alkanes) is 1. The number of nitrogens with two attached hydrogens (primary N) is 3. The molecule has 0 spiro atoms. The lowest BCUT2D eigenvalue weighted by atomic mass is 10.1. The highest BCUT2D eigenvalue weighted by molar-refractivity contribution is 5.81. The van der Waals surface area contributed by atoms with E-state index in [2.05, 4.69) is 5.32 Å². The van der Waals surface area contributed by atoms with Crippen molar-refractivity contribution in [3.8, 4) is 0 Å². The fourth-order valence-corrected chi connectivity index (χ4v) is 1.59. The summed E-state index contributed by atoms with van der Waals surface area (Å²) < 4.78 is 0. The third-order valence-corrected chi connectivity index (χ3v) is 2.85. The molecule has 1 amide bonds. The molecule has 0 aromatic heterocycles. The van der Waals surface area contributed by atoms with Crippen LogP contribution in [0.5, 0.6) is 0 Å². The number of halogens is 1. The maximum atomic E-state index is 10.8. The minimum absolute atomic E-state index is 0. The zero-order chi connectivity index (χ0) is 14.7. The van der Waals surface area contributed by atoms with Gasteiger partial charge in [-0.25, -0.2) is 0 Å². The number of hydrogen-bond donors (Lipinski definition) is 4. The number of carbonyl (C=O) groups is 2. The highest BCUT2D eigenvalue weighted by atomic mass is 35.5. The van der Waals surface area contributed by atoms with Crippen LogP contribution in [0.3, 0.4) is 0 Å². The number of rotatable bonds is 5. The number of hydrogen-bond acceptors (Lipinski definition) is 6. The van der Waals surface area contributed by atoms with Crippen LogP contribution < -0.4 is 40.0 Å². The van der Waals surface area contributed by atoms with E-state index in [9.17, 15) is 14.7 Å². The molecule has 1 aliphatic heterocycles. The van der Waals surface area contributed by atoms with Gasteiger partial charge in [-0.15, -0.1) is 0 Å². The quantitative estimate of drug-likeness (QED) is 0.373. The van der Waals surface area contributed by atoms with E-state index in [4.69, 9.17) is 17.2 Å². The molecule has 1 heterocycles. The third kappa shape index (κ3) is 11.0. The fourth-order valence-electron chi connectivity index (χ4n) is 1.59. The highest BCUT2D eigenvalue weighted by Gasteiger charge is 2.14. The third-order valence-electron chi connectivity index (χ3n) is 2.85. The molecule has 1 saturated heterocycles. The van der Waals surface area contributed by atoms with Crippen molar-refractivity contribution in [2.24, 2.45) is 17.2 Å². The largest absolute Gasteiger partial charge is 1.00 e. The monoisotopic (exact) mass is 308 g/mol. The van der Waals surface area contributed by atoms with Gasteiger partial charge >= 0.3 is 0 Å².